The van der Waals surface area contributed by atoms with Gasteiger partial charge in [0.05, 0.1) is 36.0 Å². The van der Waals surface area contributed by atoms with Crippen molar-refractivity contribution < 1.29 is 23.1 Å². The lowest BCUT2D eigenvalue weighted by atomic mass is 9.88. The molecule has 2 amide bonds. The van der Waals surface area contributed by atoms with Gasteiger partial charge in [-0.15, -0.1) is 0 Å². The van der Waals surface area contributed by atoms with Crippen LogP contribution in [0.4, 0.5) is 20.2 Å². The van der Waals surface area contributed by atoms with Crippen LogP contribution in [0, 0.1) is 17.2 Å². The number of benzene rings is 2. The zero-order valence-electron chi connectivity index (χ0n) is 20.2. The fraction of sp³-hybridized carbons (Fsp3) is 0.333. The molecule has 3 heterocycles. The standard InChI is InChI=1S/C27H25F2N5O3/c1-17-16-33-24(23(15-31-33)25(35)32-21-4-2-3-18(13-21)14-30)26(36)34(17)22-7-5-19(6-8-22)27(28,29)20-9-11-37-12-10-20/h2-8,13,15,17,20H,9-12,16H2,1H3,(H,32,35). The molecule has 2 aliphatic rings. The second-order valence-electron chi connectivity index (χ2n) is 9.32. The van der Waals surface area contributed by atoms with Gasteiger partial charge in [-0.3, -0.25) is 14.3 Å². The summed E-state index contributed by atoms with van der Waals surface area (Å²) in [6.45, 7) is 2.81. The Hall–Kier alpha value is -4.10. The number of hydrogen-bond acceptors (Lipinski definition) is 5. The van der Waals surface area contributed by atoms with E-state index in [0.717, 1.165) is 0 Å². The Kier molecular flexibility index (Phi) is 6.48. The van der Waals surface area contributed by atoms with Gasteiger partial charge in [0, 0.05) is 36.1 Å². The van der Waals surface area contributed by atoms with E-state index in [1.165, 1.54) is 46.1 Å². The molecule has 0 bridgehead atoms. The van der Waals surface area contributed by atoms with Crippen LogP contribution in [0.3, 0.4) is 0 Å². The number of nitriles is 1. The highest BCUT2D eigenvalue weighted by Gasteiger charge is 2.42. The number of amides is 2. The molecule has 1 fully saturated rings. The topological polar surface area (TPSA) is 100 Å². The van der Waals surface area contributed by atoms with Crippen LogP contribution < -0.4 is 10.2 Å². The minimum atomic E-state index is -2.99. The Balaban J connectivity index is 1.39. The summed E-state index contributed by atoms with van der Waals surface area (Å²) >= 11 is 0. The molecule has 1 aromatic heterocycles. The zero-order chi connectivity index (χ0) is 26.2. The summed E-state index contributed by atoms with van der Waals surface area (Å²) in [5, 5.41) is 16.0. The first kappa shape index (κ1) is 24.6. The highest BCUT2D eigenvalue weighted by Crippen LogP contribution is 2.41. The number of anilines is 2. The Morgan fingerprint density at radius 2 is 1.92 bits per heavy atom. The fourth-order valence-corrected chi connectivity index (χ4v) is 4.94. The van der Waals surface area contributed by atoms with Crippen molar-refractivity contribution in [2.45, 2.75) is 38.3 Å². The van der Waals surface area contributed by atoms with Gasteiger partial charge < -0.3 is 15.0 Å². The van der Waals surface area contributed by atoms with E-state index in [1.54, 1.807) is 18.2 Å². The number of nitrogens with one attached hydrogen (secondary N) is 1. The summed E-state index contributed by atoms with van der Waals surface area (Å²) in [5.41, 5.74) is 1.38. The number of alkyl halides is 2. The molecule has 37 heavy (non-hydrogen) atoms. The maximum absolute atomic E-state index is 15.1. The van der Waals surface area contributed by atoms with E-state index < -0.39 is 23.7 Å². The van der Waals surface area contributed by atoms with Crippen molar-refractivity contribution in [3.05, 3.63) is 77.1 Å². The summed E-state index contributed by atoms with van der Waals surface area (Å²) < 4.78 is 36.9. The molecule has 2 aliphatic heterocycles. The van der Waals surface area contributed by atoms with Crippen molar-refractivity contribution in [1.82, 2.24) is 9.78 Å². The second kappa shape index (κ2) is 9.75. The molecule has 190 valence electrons. The zero-order valence-corrected chi connectivity index (χ0v) is 20.2. The van der Waals surface area contributed by atoms with E-state index in [9.17, 15) is 9.59 Å². The van der Waals surface area contributed by atoms with Gasteiger partial charge in [-0.2, -0.15) is 10.4 Å². The Morgan fingerprint density at radius 3 is 2.62 bits per heavy atom. The lowest BCUT2D eigenvalue weighted by Crippen LogP contribution is -2.47. The van der Waals surface area contributed by atoms with Crippen LogP contribution in [0.15, 0.2) is 54.7 Å². The predicted octanol–water partition coefficient (Wildman–Crippen LogP) is 4.57. The van der Waals surface area contributed by atoms with Gasteiger partial charge in [0.2, 0.25) is 0 Å². The summed E-state index contributed by atoms with van der Waals surface area (Å²) in [7, 11) is 0. The van der Waals surface area contributed by atoms with Crippen molar-refractivity contribution in [3.8, 4) is 6.07 Å². The lowest BCUT2D eigenvalue weighted by Gasteiger charge is -2.34. The quantitative estimate of drug-likeness (QED) is 0.547. The van der Waals surface area contributed by atoms with Crippen LogP contribution in [0.1, 0.15) is 51.7 Å². The average Bonchev–Trinajstić information content (AvgIpc) is 3.34. The summed E-state index contributed by atoms with van der Waals surface area (Å²) in [6, 6.07) is 13.9. The van der Waals surface area contributed by atoms with Gasteiger partial charge in [0.1, 0.15) is 5.69 Å². The van der Waals surface area contributed by atoms with E-state index in [0.29, 0.717) is 49.5 Å². The molecule has 10 heteroatoms. The Bertz CT molecular complexity index is 1370. The van der Waals surface area contributed by atoms with Crippen molar-refractivity contribution in [1.29, 1.82) is 5.26 Å². The van der Waals surface area contributed by atoms with Crippen molar-refractivity contribution in [3.63, 3.8) is 0 Å². The van der Waals surface area contributed by atoms with E-state index in [1.807, 2.05) is 13.0 Å². The number of ether oxygens (including phenoxy) is 1. The van der Waals surface area contributed by atoms with Crippen LogP contribution >= 0.6 is 0 Å². The largest absolute Gasteiger partial charge is 0.381 e. The maximum atomic E-state index is 15.1. The first-order valence-corrected chi connectivity index (χ1v) is 12.1. The third kappa shape index (κ3) is 4.58. The van der Waals surface area contributed by atoms with E-state index in [-0.39, 0.29) is 22.9 Å². The molecule has 2 aromatic carbocycles. The van der Waals surface area contributed by atoms with Gasteiger partial charge in [0.15, 0.2) is 0 Å². The summed E-state index contributed by atoms with van der Waals surface area (Å²) in [5.74, 6) is -4.76. The molecule has 0 spiro atoms. The van der Waals surface area contributed by atoms with Crippen molar-refractivity contribution >= 4 is 23.2 Å². The molecule has 0 saturated carbocycles. The average molecular weight is 506 g/mol. The van der Waals surface area contributed by atoms with Crippen LogP contribution in [0.25, 0.3) is 0 Å². The number of hydrogen-bond donors (Lipinski definition) is 1. The van der Waals surface area contributed by atoms with E-state index in [2.05, 4.69) is 10.4 Å². The molecule has 1 unspecified atom stereocenters. The number of carbonyl (C=O) groups excluding carboxylic acids is 2. The molecule has 1 atom stereocenters. The van der Waals surface area contributed by atoms with Crippen LogP contribution in [-0.2, 0) is 17.2 Å². The van der Waals surface area contributed by atoms with Crippen molar-refractivity contribution in [2.75, 3.05) is 23.4 Å². The molecular weight excluding hydrogens is 480 g/mol. The molecule has 3 aromatic rings. The van der Waals surface area contributed by atoms with Crippen LogP contribution in [-0.4, -0.2) is 40.9 Å². The lowest BCUT2D eigenvalue weighted by molar-refractivity contribution is -0.102. The number of nitrogens with zero attached hydrogens (tertiary/aromatic N) is 4. The molecule has 5 rings (SSSR count). The Labute approximate surface area is 212 Å². The third-order valence-corrected chi connectivity index (χ3v) is 6.90. The molecule has 8 nitrogen and oxygen atoms in total. The first-order valence-electron chi connectivity index (χ1n) is 12.1. The second-order valence-corrected chi connectivity index (χ2v) is 9.32. The number of aromatic nitrogens is 2. The maximum Gasteiger partial charge on any atom is 0.277 e. The number of halogens is 2. The van der Waals surface area contributed by atoms with Gasteiger partial charge in [-0.05, 0) is 50.1 Å². The van der Waals surface area contributed by atoms with E-state index in [4.69, 9.17) is 10.00 Å². The smallest absolute Gasteiger partial charge is 0.277 e. The minimum Gasteiger partial charge on any atom is -0.381 e. The third-order valence-electron chi connectivity index (χ3n) is 6.90. The van der Waals surface area contributed by atoms with Gasteiger partial charge in [-0.1, -0.05) is 18.2 Å². The van der Waals surface area contributed by atoms with E-state index >= 15 is 8.78 Å². The summed E-state index contributed by atoms with van der Waals surface area (Å²) in [4.78, 5) is 28.1. The molecular formula is C27H25F2N5O3. The highest BCUT2D eigenvalue weighted by molar-refractivity contribution is 6.15. The molecule has 1 saturated heterocycles. The molecule has 0 aliphatic carbocycles. The number of carbonyl (C=O) groups is 2. The predicted molar refractivity (Wildman–Crippen MR) is 131 cm³/mol. The number of fused-ring (bicyclic) bond motifs is 1. The molecule has 0 radical (unpaired) electrons. The SMILES string of the molecule is CC1Cn2ncc(C(=O)Nc3cccc(C#N)c3)c2C(=O)N1c1ccc(C(F)(F)C2CCOCC2)cc1. The highest BCUT2D eigenvalue weighted by atomic mass is 19.3. The summed E-state index contributed by atoms with van der Waals surface area (Å²) in [6.07, 6.45) is 1.93. The number of rotatable bonds is 5. The van der Waals surface area contributed by atoms with Gasteiger partial charge in [-0.25, -0.2) is 8.78 Å². The van der Waals surface area contributed by atoms with Gasteiger partial charge in [0.25, 0.3) is 17.7 Å². The normalized spacial score (nSPS) is 18.3. The van der Waals surface area contributed by atoms with Crippen molar-refractivity contribution in [2.24, 2.45) is 5.92 Å². The van der Waals surface area contributed by atoms with Crippen LogP contribution in [0.5, 0.6) is 0 Å². The molecule has 1 N–H and O–H groups in total. The first-order chi connectivity index (χ1) is 17.8. The Morgan fingerprint density at radius 1 is 1.19 bits per heavy atom. The van der Waals surface area contributed by atoms with Crippen LogP contribution in [0.2, 0.25) is 0 Å². The minimum absolute atomic E-state index is 0.0898. The van der Waals surface area contributed by atoms with Gasteiger partial charge >= 0.3 is 0 Å². The fourth-order valence-electron chi connectivity index (χ4n) is 4.94. The monoisotopic (exact) mass is 505 g/mol.